The van der Waals surface area contributed by atoms with E-state index in [1.165, 1.54) is 24.3 Å². The quantitative estimate of drug-likeness (QED) is 0.762. The lowest BCUT2D eigenvalue weighted by atomic mass is 9.69. The van der Waals surface area contributed by atoms with Crippen LogP contribution in [0.1, 0.15) is 33.1 Å². The summed E-state index contributed by atoms with van der Waals surface area (Å²) in [6.45, 7) is 3.59. The summed E-state index contributed by atoms with van der Waals surface area (Å²) in [5, 5.41) is 0.391. The minimum atomic E-state index is -3.95. The molecule has 3 unspecified atom stereocenters. The molecule has 1 N–H and O–H groups in total. The van der Waals surface area contributed by atoms with Gasteiger partial charge in [-0.25, -0.2) is 25.9 Å². The van der Waals surface area contributed by atoms with Crippen molar-refractivity contribution in [1.29, 1.82) is 0 Å². The van der Waals surface area contributed by atoms with Crippen molar-refractivity contribution >= 4 is 37.6 Å². The fourth-order valence-corrected chi connectivity index (χ4v) is 9.20. The van der Waals surface area contributed by atoms with Crippen LogP contribution in [0.5, 0.6) is 0 Å². The van der Waals surface area contributed by atoms with Crippen LogP contribution in [0.4, 0.5) is 0 Å². The van der Waals surface area contributed by atoms with Crippen LogP contribution in [-0.2, 0) is 24.8 Å². The van der Waals surface area contributed by atoms with Crippen LogP contribution >= 0.6 is 11.6 Å². The zero-order valence-electron chi connectivity index (χ0n) is 15.7. The normalized spacial score (nSPS) is 32.5. The summed E-state index contributed by atoms with van der Waals surface area (Å²) in [6, 6.07) is 5.15. The average molecular weight is 447 g/mol. The molecule has 3 aliphatic rings. The number of carbonyl (C=O) groups is 1. The van der Waals surface area contributed by atoms with Crippen molar-refractivity contribution < 1.29 is 21.6 Å². The van der Waals surface area contributed by atoms with Crippen molar-refractivity contribution in [2.75, 3.05) is 12.3 Å². The van der Waals surface area contributed by atoms with Crippen molar-refractivity contribution in [3.63, 3.8) is 0 Å². The number of nitrogens with zero attached hydrogens (tertiary/aromatic N) is 1. The summed E-state index contributed by atoms with van der Waals surface area (Å²) in [7, 11) is -7.71. The molecule has 1 aliphatic heterocycles. The molecule has 1 aromatic rings. The Kier molecular flexibility index (Phi) is 4.43. The first-order chi connectivity index (χ1) is 12.9. The van der Waals surface area contributed by atoms with Gasteiger partial charge in [-0.05, 0) is 54.9 Å². The van der Waals surface area contributed by atoms with Gasteiger partial charge in [0, 0.05) is 10.4 Å². The number of carbonyl (C=O) groups excluding carboxylic acids is 1. The molecule has 0 aromatic heterocycles. The number of halogens is 1. The van der Waals surface area contributed by atoms with E-state index in [2.05, 4.69) is 18.6 Å². The zero-order valence-corrected chi connectivity index (χ0v) is 18.1. The van der Waals surface area contributed by atoms with Crippen molar-refractivity contribution in [2.45, 2.75) is 44.0 Å². The van der Waals surface area contributed by atoms with Crippen LogP contribution in [-0.4, -0.2) is 45.4 Å². The monoisotopic (exact) mass is 446 g/mol. The van der Waals surface area contributed by atoms with E-state index in [0.717, 1.165) is 17.1 Å². The second-order valence-corrected chi connectivity index (χ2v) is 12.6. The molecule has 4 rings (SSSR count). The molecule has 154 valence electrons. The number of hydrogen-bond acceptors (Lipinski definition) is 5. The van der Waals surface area contributed by atoms with Crippen molar-refractivity contribution in [3.8, 4) is 0 Å². The smallest absolute Gasteiger partial charge is 0.251 e. The lowest BCUT2D eigenvalue weighted by Gasteiger charge is -2.37. The molecule has 2 saturated carbocycles. The lowest BCUT2D eigenvalue weighted by Crippen LogP contribution is -2.47. The third-order valence-electron chi connectivity index (χ3n) is 7.19. The molecule has 1 saturated heterocycles. The molecule has 1 amide bonds. The summed E-state index contributed by atoms with van der Waals surface area (Å²) in [5.74, 6) is -0.374. The number of amides is 1. The van der Waals surface area contributed by atoms with Gasteiger partial charge in [0.05, 0.1) is 23.2 Å². The van der Waals surface area contributed by atoms with Crippen molar-refractivity contribution in [3.05, 3.63) is 29.3 Å². The summed E-state index contributed by atoms with van der Waals surface area (Å²) < 4.78 is 53.7. The third kappa shape index (κ3) is 2.74. The summed E-state index contributed by atoms with van der Waals surface area (Å²) in [4.78, 5) is 12.8. The molecule has 2 bridgehead atoms. The first kappa shape index (κ1) is 20.1. The van der Waals surface area contributed by atoms with E-state index in [0.29, 0.717) is 17.4 Å². The second kappa shape index (κ2) is 6.17. The lowest BCUT2D eigenvalue weighted by molar-refractivity contribution is -0.127. The van der Waals surface area contributed by atoms with Gasteiger partial charge >= 0.3 is 0 Å². The maximum atomic E-state index is 12.8. The number of sulfonamides is 2. The molecule has 1 aromatic carbocycles. The number of fused-ring (bicyclic) bond motifs is 1. The highest BCUT2D eigenvalue weighted by Gasteiger charge is 2.72. The summed E-state index contributed by atoms with van der Waals surface area (Å²) >= 11 is 5.77. The highest BCUT2D eigenvalue weighted by Crippen LogP contribution is 2.69. The van der Waals surface area contributed by atoms with Gasteiger partial charge in [-0.2, -0.15) is 0 Å². The van der Waals surface area contributed by atoms with Gasteiger partial charge in [0.15, 0.2) is 0 Å². The fraction of sp³-hybridized carbons (Fsp3) is 0.611. The Balaban J connectivity index is 1.55. The van der Waals surface area contributed by atoms with Crippen LogP contribution in [0, 0.1) is 16.7 Å². The molecule has 3 atom stereocenters. The molecule has 2 aliphatic carbocycles. The molecular weight excluding hydrogens is 424 g/mol. The van der Waals surface area contributed by atoms with E-state index in [1.807, 2.05) is 0 Å². The molecular formula is C18H23ClN2O5S2. The Bertz CT molecular complexity index is 1040. The zero-order chi connectivity index (χ0) is 20.5. The van der Waals surface area contributed by atoms with Gasteiger partial charge in [-0.1, -0.05) is 25.4 Å². The first-order valence-corrected chi connectivity index (χ1v) is 12.7. The van der Waals surface area contributed by atoms with Gasteiger partial charge in [-0.15, -0.1) is 0 Å². The van der Waals surface area contributed by atoms with Gasteiger partial charge in [-0.3, -0.25) is 4.79 Å². The minimum absolute atomic E-state index is 0.0356. The number of nitrogens with one attached hydrogen (secondary N) is 1. The predicted octanol–water partition coefficient (Wildman–Crippen LogP) is 1.99. The fourth-order valence-electron chi connectivity index (χ4n) is 5.55. The van der Waals surface area contributed by atoms with E-state index in [1.54, 1.807) is 0 Å². The van der Waals surface area contributed by atoms with Crippen LogP contribution in [0.3, 0.4) is 0 Å². The Labute approximate surface area is 170 Å². The van der Waals surface area contributed by atoms with Gasteiger partial charge in [0.1, 0.15) is 0 Å². The second-order valence-electron chi connectivity index (χ2n) is 8.59. The van der Waals surface area contributed by atoms with Gasteiger partial charge < -0.3 is 0 Å². The van der Waals surface area contributed by atoms with E-state index in [-0.39, 0.29) is 22.1 Å². The van der Waals surface area contributed by atoms with Crippen LogP contribution < -0.4 is 4.72 Å². The maximum absolute atomic E-state index is 12.8. The SMILES string of the molecule is CC1(C)C2CCC13CS(=O)(=O)N(C(=O)CNS(=O)(=O)c1ccc(Cl)cc1)C3C2. The highest BCUT2D eigenvalue weighted by molar-refractivity contribution is 7.90. The molecule has 3 fully saturated rings. The molecule has 7 nitrogen and oxygen atoms in total. The van der Waals surface area contributed by atoms with E-state index < -0.39 is 37.9 Å². The van der Waals surface area contributed by atoms with Crippen molar-refractivity contribution in [1.82, 2.24) is 9.03 Å². The minimum Gasteiger partial charge on any atom is -0.272 e. The van der Waals surface area contributed by atoms with Crippen molar-refractivity contribution in [2.24, 2.45) is 16.7 Å². The molecule has 0 radical (unpaired) electrons. The van der Waals surface area contributed by atoms with Crippen LogP contribution in [0.25, 0.3) is 0 Å². The predicted molar refractivity (Wildman–Crippen MR) is 105 cm³/mol. The molecule has 1 spiro atoms. The first-order valence-electron chi connectivity index (χ1n) is 9.21. The highest BCUT2D eigenvalue weighted by atomic mass is 35.5. The van der Waals surface area contributed by atoms with E-state index in [9.17, 15) is 21.6 Å². The Hall–Kier alpha value is -1.16. The molecule has 28 heavy (non-hydrogen) atoms. The average Bonchev–Trinajstić information content (AvgIpc) is 3.07. The number of rotatable bonds is 4. The Morgan fingerprint density at radius 3 is 2.54 bits per heavy atom. The van der Waals surface area contributed by atoms with Crippen LogP contribution in [0.15, 0.2) is 29.2 Å². The topological polar surface area (TPSA) is 101 Å². The molecule has 1 heterocycles. The Morgan fingerprint density at radius 1 is 1.29 bits per heavy atom. The summed E-state index contributed by atoms with van der Waals surface area (Å²) in [5.41, 5.74) is -0.580. The molecule has 10 heteroatoms. The van der Waals surface area contributed by atoms with Gasteiger partial charge in [0.25, 0.3) is 5.91 Å². The third-order valence-corrected chi connectivity index (χ3v) is 10.8. The standard InChI is InChI=1S/C18H23ClN2O5S2/c1-17(2)12-7-8-18(17)11-27(23,24)21(15(18)9-12)16(22)10-20-28(25,26)14-5-3-13(19)4-6-14/h3-6,12,15,20H,7-11H2,1-2H3. The van der Waals surface area contributed by atoms with E-state index in [4.69, 9.17) is 11.6 Å². The van der Waals surface area contributed by atoms with Crippen LogP contribution in [0.2, 0.25) is 5.02 Å². The largest absolute Gasteiger partial charge is 0.272 e. The Morgan fingerprint density at radius 2 is 1.93 bits per heavy atom. The number of hydrogen-bond donors (Lipinski definition) is 1. The summed E-state index contributed by atoms with van der Waals surface area (Å²) in [6.07, 6.45) is 2.42. The van der Waals surface area contributed by atoms with Gasteiger partial charge in [0.2, 0.25) is 20.0 Å². The van der Waals surface area contributed by atoms with E-state index >= 15 is 0 Å². The maximum Gasteiger partial charge on any atom is 0.251 e. The number of benzene rings is 1.